The van der Waals surface area contributed by atoms with E-state index in [1.807, 2.05) is 72.8 Å². The van der Waals surface area contributed by atoms with Crippen LogP contribution in [-0.2, 0) is 12.2 Å². The molecule has 1 fully saturated rings. The maximum absolute atomic E-state index is 13.4. The summed E-state index contributed by atoms with van der Waals surface area (Å²) in [6, 6.07) is 33.2. The molecule has 1 aromatic heterocycles. The summed E-state index contributed by atoms with van der Waals surface area (Å²) in [6.45, 7) is 11.4. The van der Waals surface area contributed by atoms with E-state index in [1.54, 1.807) is 18.2 Å². The molecule has 0 bridgehead atoms. The number of likely N-dealkylation sites (N-methyl/N-ethyl adjacent to an activating group) is 2. The smallest absolute Gasteiger partial charge is 0.305 e. The van der Waals surface area contributed by atoms with Crippen molar-refractivity contribution in [2.75, 3.05) is 59.4 Å². The predicted octanol–water partition coefficient (Wildman–Crippen LogP) is 6.63. The van der Waals surface area contributed by atoms with Crippen molar-refractivity contribution in [3.05, 3.63) is 130 Å². The predicted molar refractivity (Wildman–Crippen MR) is 187 cm³/mol. The highest BCUT2D eigenvalue weighted by atomic mass is 16.7. The highest BCUT2D eigenvalue weighted by molar-refractivity contribution is 5.87. The van der Waals surface area contributed by atoms with Crippen LogP contribution in [0, 0.1) is 0 Å². The van der Waals surface area contributed by atoms with E-state index < -0.39 is 5.79 Å². The first-order valence-electron chi connectivity index (χ1n) is 16.8. The van der Waals surface area contributed by atoms with E-state index in [2.05, 4.69) is 40.8 Å². The van der Waals surface area contributed by atoms with E-state index in [0.29, 0.717) is 28.2 Å². The summed E-state index contributed by atoms with van der Waals surface area (Å²) in [6.07, 6.45) is 2.11. The van der Waals surface area contributed by atoms with Crippen molar-refractivity contribution < 1.29 is 13.9 Å². The lowest BCUT2D eigenvalue weighted by Gasteiger charge is -2.33. The largest absolute Gasteiger partial charge is 0.452 e. The number of aryl methyl sites for hydroxylation is 1. The highest BCUT2D eigenvalue weighted by Gasteiger charge is 2.46. The zero-order valence-electron chi connectivity index (χ0n) is 27.4. The summed E-state index contributed by atoms with van der Waals surface area (Å²) in [5.41, 5.74) is 4.09. The fourth-order valence-electron chi connectivity index (χ4n) is 6.66. The summed E-state index contributed by atoms with van der Waals surface area (Å²) in [7, 11) is 2.21. The molecule has 47 heavy (non-hydrogen) atoms. The molecule has 1 saturated heterocycles. The number of hydrogen-bond acceptors (Lipinski definition) is 7. The Hall–Kier alpha value is -4.43. The van der Waals surface area contributed by atoms with Gasteiger partial charge in [-0.05, 0) is 50.7 Å². The maximum Gasteiger partial charge on any atom is 0.305 e. The van der Waals surface area contributed by atoms with Gasteiger partial charge < -0.3 is 23.7 Å². The second-order valence-corrected chi connectivity index (χ2v) is 12.7. The zero-order chi connectivity index (χ0) is 32.2. The van der Waals surface area contributed by atoms with Crippen LogP contribution >= 0.6 is 0 Å². The molecule has 5 aromatic rings. The Morgan fingerprint density at radius 3 is 2.13 bits per heavy atom. The number of hydrogen-bond donors (Lipinski definition) is 0. The van der Waals surface area contributed by atoms with Gasteiger partial charge in [-0.25, -0.2) is 0 Å². The van der Waals surface area contributed by atoms with Crippen molar-refractivity contribution >= 4 is 11.0 Å². The van der Waals surface area contributed by atoms with Crippen LogP contribution in [0.1, 0.15) is 30.0 Å². The van der Waals surface area contributed by atoms with E-state index in [1.165, 1.54) is 31.7 Å². The van der Waals surface area contributed by atoms with E-state index in [4.69, 9.17) is 13.9 Å². The second-order valence-electron chi connectivity index (χ2n) is 12.7. The first-order chi connectivity index (χ1) is 23.0. The van der Waals surface area contributed by atoms with Crippen LogP contribution in [0.15, 0.2) is 112 Å². The lowest BCUT2D eigenvalue weighted by atomic mass is 9.97. The summed E-state index contributed by atoms with van der Waals surface area (Å²) in [5, 5.41) is 0.456. The molecule has 2 aliphatic heterocycles. The van der Waals surface area contributed by atoms with E-state index in [9.17, 15) is 4.79 Å². The number of ether oxygens (including phenoxy) is 2. The molecule has 242 valence electrons. The first-order valence-corrected chi connectivity index (χ1v) is 16.8. The molecule has 2 aliphatic rings. The molecule has 0 amide bonds. The van der Waals surface area contributed by atoms with Crippen LogP contribution in [-0.4, -0.2) is 74.1 Å². The minimum absolute atomic E-state index is 0.120. The molecule has 4 aromatic carbocycles. The van der Waals surface area contributed by atoms with E-state index in [0.717, 1.165) is 55.7 Å². The molecular weight excluding hydrogens is 586 g/mol. The topological polar surface area (TPSA) is 58.4 Å². The van der Waals surface area contributed by atoms with Gasteiger partial charge in [0.15, 0.2) is 16.8 Å². The summed E-state index contributed by atoms with van der Waals surface area (Å²) in [4.78, 5) is 20.9. The number of benzene rings is 4. The zero-order valence-corrected chi connectivity index (χ0v) is 27.4. The third kappa shape index (κ3) is 6.57. The Labute approximate surface area is 276 Å². The molecule has 0 atom stereocenters. The maximum atomic E-state index is 13.4. The van der Waals surface area contributed by atoms with Gasteiger partial charge >= 0.3 is 5.79 Å². The van der Waals surface area contributed by atoms with Gasteiger partial charge in [0.25, 0.3) is 0 Å². The van der Waals surface area contributed by atoms with Crippen molar-refractivity contribution in [2.24, 2.45) is 0 Å². The standard InChI is InChI=1S/C40H43N3O4/c1-3-42(27-28-43-25-23-41(2)24-26-43)22-10-11-30-16-18-31(19-17-30)37-29-35(44)34-20-21-36-39(38(34)45-37)47-40(46-36,32-12-6-4-7-13-32)33-14-8-5-9-15-33/h4-9,12-21,29H,3,10-11,22-28H2,1-2H3. The molecule has 7 rings (SSSR count). The fraction of sp³-hybridized carbons (Fsp3) is 0.325. The van der Waals surface area contributed by atoms with Gasteiger partial charge in [0, 0.05) is 62.0 Å². The second kappa shape index (κ2) is 13.7. The third-order valence-corrected chi connectivity index (χ3v) is 9.58. The molecule has 7 heteroatoms. The Morgan fingerprint density at radius 1 is 0.787 bits per heavy atom. The minimum atomic E-state index is -1.20. The number of fused-ring (bicyclic) bond motifs is 3. The van der Waals surface area contributed by atoms with Gasteiger partial charge in [-0.2, -0.15) is 0 Å². The van der Waals surface area contributed by atoms with E-state index >= 15 is 0 Å². The Balaban J connectivity index is 1.07. The van der Waals surface area contributed by atoms with Gasteiger partial charge in [-0.1, -0.05) is 91.9 Å². The minimum Gasteiger partial charge on any atom is -0.452 e. The van der Waals surface area contributed by atoms with Gasteiger partial charge in [-0.15, -0.1) is 0 Å². The molecule has 0 aliphatic carbocycles. The van der Waals surface area contributed by atoms with Crippen molar-refractivity contribution in [2.45, 2.75) is 25.6 Å². The summed E-state index contributed by atoms with van der Waals surface area (Å²) >= 11 is 0. The van der Waals surface area contributed by atoms with Crippen LogP contribution in [0.2, 0.25) is 0 Å². The van der Waals surface area contributed by atoms with Crippen molar-refractivity contribution in [1.82, 2.24) is 14.7 Å². The molecule has 0 unspecified atom stereocenters. The van der Waals surface area contributed by atoms with Gasteiger partial charge in [0.2, 0.25) is 5.75 Å². The quantitative estimate of drug-likeness (QED) is 0.163. The van der Waals surface area contributed by atoms with Crippen LogP contribution in [0.4, 0.5) is 0 Å². The average molecular weight is 630 g/mol. The third-order valence-electron chi connectivity index (χ3n) is 9.58. The SMILES string of the molecule is CCN(CCCc1ccc(-c2cc(=O)c3ccc4c(c3o2)OC(c2ccccc2)(c2ccccc2)O4)cc1)CCN1CCN(C)CC1. The highest BCUT2D eigenvalue weighted by Crippen LogP contribution is 2.50. The molecule has 7 nitrogen and oxygen atoms in total. The number of nitrogens with zero attached hydrogens (tertiary/aromatic N) is 3. The normalized spacial score (nSPS) is 16.2. The van der Waals surface area contributed by atoms with Crippen LogP contribution in [0.25, 0.3) is 22.3 Å². The van der Waals surface area contributed by atoms with Crippen molar-refractivity contribution in [3.63, 3.8) is 0 Å². The molecule has 0 spiro atoms. The van der Waals surface area contributed by atoms with Gasteiger partial charge in [-0.3, -0.25) is 9.69 Å². The number of piperazine rings is 1. The van der Waals surface area contributed by atoms with Crippen LogP contribution in [0.5, 0.6) is 11.5 Å². The molecular formula is C40H43N3O4. The molecule has 3 heterocycles. The molecule has 0 radical (unpaired) electrons. The lowest BCUT2D eigenvalue weighted by molar-refractivity contribution is -0.0456. The van der Waals surface area contributed by atoms with Gasteiger partial charge in [0.05, 0.1) is 5.39 Å². The first kappa shape index (κ1) is 31.2. The monoisotopic (exact) mass is 629 g/mol. The van der Waals surface area contributed by atoms with Gasteiger partial charge in [0.1, 0.15) is 5.76 Å². The van der Waals surface area contributed by atoms with Crippen LogP contribution in [0.3, 0.4) is 0 Å². The fourth-order valence-corrected chi connectivity index (χ4v) is 6.66. The van der Waals surface area contributed by atoms with E-state index in [-0.39, 0.29) is 5.43 Å². The van der Waals surface area contributed by atoms with Crippen LogP contribution < -0.4 is 14.9 Å². The summed E-state index contributed by atoms with van der Waals surface area (Å²) in [5.74, 6) is 0.265. The molecule has 0 saturated carbocycles. The number of rotatable bonds is 11. The Bertz CT molecular complexity index is 1810. The summed E-state index contributed by atoms with van der Waals surface area (Å²) < 4.78 is 19.8. The van der Waals surface area contributed by atoms with Crippen molar-refractivity contribution in [1.29, 1.82) is 0 Å². The average Bonchev–Trinajstić information content (AvgIpc) is 3.53. The molecule has 0 N–H and O–H groups in total. The Morgan fingerprint density at radius 2 is 1.47 bits per heavy atom. The Kier molecular flexibility index (Phi) is 9.12. The lowest BCUT2D eigenvalue weighted by Crippen LogP contribution is -2.47. The van der Waals surface area contributed by atoms with Crippen molar-refractivity contribution in [3.8, 4) is 22.8 Å².